The van der Waals surface area contributed by atoms with Crippen LogP contribution in [0, 0.1) is 5.95 Å². The molecule has 4 aromatic rings. The Morgan fingerprint density at radius 2 is 1.77 bits per heavy atom. The number of benzene rings is 2. The first-order chi connectivity index (χ1) is 20.6. The third-order valence-corrected chi connectivity index (χ3v) is 9.44. The lowest BCUT2D eigenvalue weighted by Gasteiger charge is -2.41. The molecule has 0 bridgehead atoms. The van der Waals surface area contributed by atoms with Crippen molar-refractivity contribution in [1.29, 1.82) is 0 Å². The largest absolute Gasteiger partial charge is 0.497 e. The highest BCUT2D eigenvalue weighted by Gasteiger charge is 2.40. The summed E-state index contributed by atoms with van der Waals surface area (Å²) in [7, 11) is 3.60. The van der Waals surface area contributed by atoms with Crippen LogP contribution < -0.4 is 18.9 Å². The molecule has 12 heteroatoms. The lowest BCUT2D eigenvalue weighted by molar-refractivity contribution is 0.0585. The number of ether oxygens (including phenoxy) is 4. The first-order valence-electron chi connectivity index (χ1n) is 13.6. The third-order valence-electron chi connectivity index (χ3n) is 7.78. The average molecular weight is 607 g/mol. The number of hydrogen-bond donors (Lipinski definition) is 0. The first kappa shape index (κ1) is 28.7. The van der Waals surface area contributed by atoms with Crippen molar-refractivity contribution in [3.05, 3.63) is 65.9 Å². The van der Waals surface area contributed by atoms with Crippen LogP contribution in [-0.4, -0.2) is 74.7 Å². The summed E-state index contributed by atoms with van der Waals surface area (Å²) in [6.07, 6.45) is 1.38. The summed E-state index contributed by atoms with van der Waals surface area (Å²) in [4.78, 5) is 19.7. The third kappa shape index (κ3) is 4.99. The number of nitrogens with zero attached hydrogens (tertiary/aromatic N) is 4. The van der Waals surface area contributed by atoms with Crippen LogP contribution in [0.1, 0.15) is 29.9 Å². The highest BCUT2D eigenvalue weighted by molar-refractivity contribution is 7.85. The van der Waals surface area contributed by atoms with Gasteiger partial charge in [-0.25, -0.2) is 9.67 Å². The number of pyridine rings is 1. The van der Waals surface area contributed by atoms with Crippen LogP contribution in [0.2, 0.25) is 0 Å². The molecule has 43 heavy (non-hydrogen) atoms. The van der Waals surface area contributed by atoms with Crippen molar-refractivity contribution in [3.63, 3.8) is 0 Å². The molecule has 0 aliphatic carbocycles. The van der Waals surface area contributed by atoms with E-state index in [4.69, 9.17) is 24.0 Å². The molecule has 4 heterocycles. The average Bonchev–Trinajstić information content (AvgIpc) is 3.40. The molecule has 1 amide bonds. The van der Waals surface area contributed by atoms with Gasteiger partial charge in [-0.05, 0) is 32.0 Å². The normalized spacial score (nSPS) is 17.0. The molecule has 2 aromatic heterocycles. The lowest BCUT2D eigenvalue weighted by Crippen LogP contribution is -2.56. The number of hydrogen-bond acceptors (Lipinski definition) is 8. The van der Waals surface area contributed by atoms with Gasteiger partial charge in [-0.15, -0.1) is 0 Å². The van der Waals surface area contributed by atoms with Crippen molar-refractivity contribution >= 4 is 16.7 Å². The topological polar surface area (TPSA) is 105 Å². The SMILES string of the molecule is COc1cc(OC)cc(-n2nc(C(=O)N3CCS(=O)CC3(C)C)c3c2-c2cc(-c4cccnc4F)c(OC)cc2OC3)c1. The zero-order valence-corrected chi connectivity index (χ0v) is 25.3. The van der Waals surface area contributed by atoms with Crippen LogP contribution in [0.15, 0.2) is 48.7 Å². The second-order valence-corrected chi connectivity index (χ2v) is 12.5. The second-order valence-electron chi connectivity index (χ2n) is 10.9. The Balaban J connectivity index is 1.60. The van der Waals surface area contributed by atoms with E-state index in [9.17, 15) is 13.4 Å². The van der Waals surface area contributed by atoms with Gasteiger partial charge in [-0.1, -0.05) is 0 Å². The number of carbonyl (C=O) groups is 1. The fourth-order valence-electron chi connectivity index (χ4n) is 5.66. The minimum Gasteiger partial charge on any atom is -0.497 e. The number of carbonyl (C=O) groups excluding carboxylic acids is 1. The molecule has 6 rings (SSSR count). The predicted octanol–water partition coefficient (Wildman–Crippen LogP) is 4.64. The van der Waals surface area contributed by atoms with Gasteiger partial charge in [0.1, 0.15) is 29.6 Å². The summed E-state index contributed by atoms with van der Waals surface area (Å²) in [5, 5.41) is 4.87. The molecule has 1 saturated heterocycles. The molecule has 0 spiro atoms. The number of fused-ring (bicyclic) bond motifs is 3. The summed E-state index contributed by atoms with van der Waals surface area (Å²) >= 11 is 0. The van der Waals surface area contributed by atoms with Crippen molar-refractivity contribution in [1.82, 2.24) is 19.7 Å². The van der Waals surface area contributed by atoms with E-state index in [1.165, 1.54) is 13.3 Å². The maximum Gasteiger partial charge on any atom is 0.275 e. The van der Waals surface area contributed by atoms with E-state index in [-0.39, 0.29) is 23.8 Å². The summed E-state index contributed by atoms with van der Waals surface area (Å²) in [6.45, 7) is 4.22. The van der Waals surface area contributed by atoms with Crippen molar-refractivity contribution in [2.24, 2.45) is 0 Å². The molecule has 2 aliphatic heterocycles. The van der Waals surface area contributed by atoms with E-state index in [0.717, 1.165) is 0 Å². The fraction of sp³-hybridized carbons (Fsp3) is 0.323. The summed E-state index contributed by atoms with van der Waals surface area (Å²) in [5.74, 6) is 1.79. The molecular formula is C31H31FN4O6S. The van der Waals surface area contributed by atoms with Crippen LogP contribution in [0.3, 0.4) is 0 Å². The van der Waals surface area contributed by atoms with Gasteiger partial charge in [-0.2, -0.15) is 9.49 Å². The Bertz CT molecular complexity index is 1750. The minimum absolute atomic E-state index is 0.0640. The van der Waals surface area contributed by atoms with E-state index in [1.807, 2.05) is 13.8 Å². The van der Waals surface area contributed by atoms with E-state index < -0.39 is 22.3 Å². The monoisotopic (exact) mass is 606 g/mol. The van der Waals surface area contributed by atoms with Crippen molar-refractivity contribution in [3.8, 4) is 51.1 Å². The first-order valence-corrected chi connectivity index (χ1v) is 15.1. The van der Waals surface area contributed by atoms with Crippen LogP contribution in [0.25, 0.3) is 28.1 Å². The van der Waals surface area contributed by atoms with Crippen LogP contribution in [0.4, 0.5) is 4.39 Å². The van der Waals surface area contributed by atoms with Gasteiger partial charge in [0.15, 0.2) is 5.69 Å². The number of rotatable bonds is 6. The number of aromatic nitrogens is 3. The van der Waals surface area contributed by atoms with E-state index in [2.05, 4.69) is 4.98 Å². The molecule has 2 aromatic carbocycles. The van der Waals surface area contributed by atoms with Gasteiger partial charge >= 0.3 is 0 Å². The molecule has 0 saturated carbocycles. The van der Waals surface area contributed by atoms with Crippen molar-refractivity contribution < 1.29 is 32.3 Å². The standard InChI is InChI=1S/C31H31FN4O6S/c1-31(2)17-43(38)10-9-35(31)30(37)27-24-16-42-26-15-25(41-5)22(21-7-6-8-33-29(21)32)14-23(26)28(24)36(34-27)18-11-19(39-3)13-20(12-18)40-4/h6-8,11-15H,9-10,16-17H2,1-5H3. The van der Waals surface area contributed by atoms with E-state index in [0.29, 0.717) is 69.1 Å². The lowest BCUT2D eigenvalue weighted by atomic mass is 9.96. The molecule has 0 radical (unpaired) electrons. The Labute approximate surface area is 250 Å². The Hall–Kier alpha value is -4.45. The highest BCUT2D eigenvalue weighted by atomic mass is 32.2. The highest BCUT2D eigenvalue weighted by Crippen LogP contribution is 2.47. The van der Waals surface area contributed by atoms with Crippen LogP contribution in [0.5, 0.6) is 23.0 Å². The van der Waals surface area contributed by atoms with Gasteiger partial charge in [0.05, 0.1) is 32.7 Å². The summed E-state index contributed by atoms with van der Waals surface area (Å²) < 4.78 is 51.8. The van der Waals surface area contributed by atoms with Crippen LogP contribution in [-0.2, 0) is 17.4 Å². The Morgan fingerprint density at radius 3 is 2.42 bits per heavy atom. The minimum atomic E-state index is -1.01. The maximum absolute atomic E-state index is 14.9. The molecule has 2 aliphatic rings. The number of methoxy groups -OCH3 is 3. The van der Waals surface area contributed by atoms with Gasteiger partial charge in [0.25, 0.3) is 5.91 Å². The molecule has 1 unspecified atom stereocenters. The molecular weight excluding hydrogens is 575 g/mol. The maximum atomic E-state index is 14.9. The van der Waals surface area contributed by atoms with Gasteiger partial charge in [0.2, 0.25) is 5.95 Å². The Morgan fingerprint density at radius 1 is 1.02 bits per heavy atom. The molecule has 10 nitrogen and oxygen atoms in total. The number of amides is 1. The van der Waals surface area contributed by atoms with Crippen molar-refractivity contribution in [2.75, 3.05) is 39.4 Å². The zero-order chi connectivity index (χ0) is 30.5. The molecule has 224 valence electrons. The van der Waals surface area contributed by atoms with Gasteiger partial charge in [-0.3, -0.25) is 9.00 Å². The molecule has 1 atom stereocenters. The molecule has 1 fully saturated rings. The summed E-state index contributed by atoms with van der Waals surface area (Å²) in [5.41, 5.74) is 2.65. The van der Waals surface area contributed by atoms with Gasteiger partial charge < -0.3 is 23.8 Å². The molecule has 0 N–H and O–H groups in total. The van der Waals surface area contributed by atoms with Crippen LogP contribution >= 0.6 is 0 Å². The predicted molar refractivity (Wildman–Crippen MR) is 159 cm³/mol. The van der Waals surface area contributed by atoms with Gasteiger partial charge in [0, 0.05) is 87.1 Å². The fourth-order valence-corrected chi connectivity index (χ4v) is 7.14. The smallest absolute Gasteiger partial charge is 0.275 e. The second kappa shape index (κ2) is 11.0. The zero-order valence-electron chi connectivity index (χ0n) is 24.5. The Kier molecular flexibility index (Phi) is 7.33. The van der Waals surface area contributed by atoms with E-state index >= 15 is 0 Å². The van der Waals surface area contributed by atoms with E-state index in [1.54, 1.807) is 66.3 Å². The number of halogens is 1. The van der Waals surface area contributed by atoms with Crippen molar-refractivity contribution in [2.45, 2.75) is 26.0 Å². The summed E-state index contributed by atoms with van der Waals surface area (Å²) in [6, 6.07) is 12.1. The quantitative estimate of drug-likeness (QED) is 0.293.